The van der Waals surface area contributed by atoms with Crippen LogP contribution in [-0.4, -0.2) is 24.4 Å². The maximum Gasteiger partial charge on any atom is 0.224 e. The van der Waals surface area contributed by atoms with E-state index >= 15 is 0 Å². The summed E-state index contributed by atoms with van der Waals surface area (Å²) in [5.74, 6) is -2.32. The van der Waals surface area contributed by atoms with Crippen LogP contribution in [0, 0.1) is 11.6 Å². The van der Waals surface area contributed by atoms with Crippen molar-refractivity contribution >= 4 is 17.5 Å². The second-order valence-corrected chi connectivity index (χ2v) is 5.89. The lowest BCUT2D eigenvalue weighted by atomic mass is 9.95. The Morgan fingerprint density at radius 3 is 2.35 bits per heavy atom. The van der Waals surface area contributed by atoms with Crippen molar-refractivity contribution in [2.24, 2.45) is 0 Å². The van der Waals surface area contributed by atoms with Crippen LogP contribution in [0.1, 0.15) is 45.4 Å². The highest BCUT2D eigenvalue weighted by Crippen LogP contribution is 2.23. The molecule has 6 heteroatoms. The molecule has 1 saturated carbocycles. The summed E-state index contributed by atoms with van der Waals surface area (Å²) in [5, 5.41) is 2.93. The van der Waals surface area contributed by atoms with Gasteiger partial charge in [-0.25, -0.2) is 8.78 Å². The van der Waals surface area contributed by atoms with Crippen molar-refractivity contribution in [3.8, 4) is 0 Å². The van der Waals surface area contributed by atoms with Gasteiger partial charge in [0.05, 0.1) is 0 Å². The smallest absolute Gasteiger partial charge is 0.224 e. The van der Waals surface area contributed by atoms with Crippen LogP contribution in [0.5, 0.6) is 0 Å². The molecule has 1 aromatic carbocycles. The average Bonchev–Trinajstić information content (AvgIpc) is 2.50. The van der Waals surface area contributed by atoms with Crippen molar-refractivity contribution in [1.29, 1.82) is 0 Å². The lowest BCUT2D eigenvalue weighted by molar-refractivity contribution is -0.121. The lowest BCUT2D eigenvalue weighted by Gasteiger charge is -2.25. The molecule has 0 spiro atoms. The number of carbonyl (C=O) groups is 2. The van der Waals surface area contributed by atoms with Crippen molar-refractivity contribution in [1.82, 2.24) is 5.32 Å². The van der Waals surface area contributed by atoms with Crippen LogP contribution < -0.4 is 10.2 Å². The zero-order chi connectivity index (χ0) is 16.8. The van der Waals surface area contributed by atoms with Gasteiger partial charge in [-0.15, -0.1) is 0 Å². The second kappa shape index (κ2) is 8.04. The Labute approximate surface area is 134 Å². The van der Waals surface area contributed by atoms with Crippen LogP contribution in [0.25, 0.3) is 0 Å². The van der Waals surface area contributed by atoms with Gasteiger partial charge < -0.3 is 10.2 Å². The van der Waals surface area contributed by atoms with E-state index < -0.39 is 23.2 Å². The summed E-state index contributed by atoms with van der Waals surface area (Å²) in [7, 11) is 0. The highest BCUT2D eigenvalue weighted by Gasteiger charge is 2.22. The minimum absolute atomic E-state index is 0.0177. The quantitative estimate of drug-likeness (QED) is 0.904. The minimum atomic E-state index is -0.812. The van der Waals surface area contributed by atoms with Gasteiger partial charge in [-0.3, -0.25) is 9.59 Å². The summed E-state index contributed by atoms with van der Waals surface area (Å²) in [4.78, 5) is 24.7. The summed E-state index contributed by atoms with van der Waals surface area (Å²) >= 11 is 0. The molecule has 0 unspecified atom stereocenters. The van der Waals surface area contributed by atoms with Crippen LogP contribution in [0.4, 0.5) is 14.5 Å². The Bertz CT molecular complexity index is 551. The normalized spacial score (nSPS) is 15.3. The first-order valence-electron chi connectivity index (χ1n) is 8.00. The minimum Gasteiger partial charge on any atom is -0.353 e. The standard InChI is InChI=1S/C17H22F2N2O2/c1-12(22)21(17-14(18)8-5-9-15(17)19)11-10-16(23)20-13-6-3-2-4-7-13/h5,8-9,13H,2-4,6-7,10-11H2,1H3,(H,20,23). The first-order chi connectivity index (χ1) is 11.0. The highest BCUT2D eigenvalue weighted by atomic mass is 19.1. The molecule has 2 rings (SSSR count). The SMILES string of the molecule is CC(=O)N(CCC(=O)NC1CCCCC1)c1c(F)cccc1F. The molecule has 0 aromatic heterocycles. The van der Waals surface area contributed by atoms with E-state index in [0.717, 1.165) is 42.7 Å². The molecule has 1 aromatic rings. The van der Waals surface area contributed by atoms with Gasteiger partial charge in [0.2, 0.25) is 11.8 Å². The zero-order valence-electron chi connectivity index (χ0n) is 13.3. The topological polar surface area (TPSA) is 49.4 Å². The third kappa shape index (κ3) is 4.74. The van der Waals surface area contributed by atoms with Gasteiger partial charge in [0, 0.05) is 25.9 Å². The van der Waals surface area contributed by atoms with E-state index in [9.17, 15) is 18.4 Å². The summed E-state index contributed by atoms with van der Waals surface area (Å²) in [6, 6.07) is 3.60. The molecular weight excluding hydrogens is 302 g/mol. The summed E-state index contributed by atoms with van der Waals surface area (Å²) in [5.41, 5.74) is -0.398. The molecule has 1 aliphatic rings. The number of benzene rings is 1. The number of halogens is 2. The number of carbonyl (C=O) groups excluding carboxylic acids is 2. The van der Waals surface area contributed by atoms with Gasteiger partial charge >= 0.3 is 0 Å². The van der Waals surface area contributed by atoms with Gasteiger partial charge in [-0.2, -0.15) is 0 Å². The fourth-order valence-electron chi connectivity index (χ4n) is 2.93. The van der Waals surface area contributed by atoms with Crippen LogP contribution >= 0.6 is 0 Å². The first kappa shape index (κ1) is 17.4. The molecule has 23 heavy (non-hydrogen) atoms. The highest BCUT2D eigenvalue weighted by molar-refractivity contribution is 5.92. The van der Waals surface area contributed by atoms with E-state index in [1.807, 2.05) is 0 Å². The fourth-order valence-corrected chi connectivity index (χ4v) is 2.93. The fraction of sp³-hybridized carbons (Fsp3) is 0.529. The van der Waals surface area contributed by atoms with Crippen molar-refractivity contribution in [3.63, 3.8) is 0 Å². The molecular formula is C17H22F2N2O2. The Morgan fingerprint density at radius 1 is 1.17 bits per heavy atom. The van der Waals surface area contributed by atoms with Gasteiger partial charge in [-0.05, 0) is 25.0 Å². The lowest BCUT2D eigenvalue weighted by Crippen LogP contribution is -2.39. The van der Waals surface area contributed by atoms with E-state index in [1.165, 1.54) is 19.4 Å². The Hall–Kier alpha value is -1.98. The number of hydrogen-bond acceptors (Lipinski definition) is 2. The first-order valence-corrected chi connectivity index (χ1v) is 8.00. The largest absolute Gasteiger partial charge is 0.353 e. The maximum absolute atomic E-state index is 13.8. The molecule has 0 bridgehead atoms. The molecule has 1 N–H and O–H groups in total. The Morgan fingerprint density at radius 2 is 1.78 bits per heavy atom. The van der Waals surface area contributed by atoms with Gasteiger partial charge in [0.1, 0.15) is 17.3 Å². The molecule has 1 aliphatic carbocycles. The molecule has 1 fully saturated rings. The predicted octanol–water partition coefficient (Wildman–Crippen LogP) is 3.16. The number of nitrogens with zero attached hydrogens (tertiary/aromatic N) is 1. The second-order valence-electron chi connectivity index (χ2n) is 5.89. The molecule has 4 nitrogen and oxygen atoms in total. The van der Waals surface area contributed by atoms with Crippen molar-refractivity contribution < 1.29 is 18.4 Å². The summed E-state index contributed by atoms with van der Waals surface area (Å²) in [6.45, 7) is 1.18. The van der Waals surface area contributed by atoms with E-state index in [1.54, 1.807) is 0 Å². The van der Waals surface area contributed by atoms with Crippen LogP contribution in [0.15, 0.2) is 18.2 Å². The number of nitrogens with one attached hydrogen (secondary N) is 1. The summed E-state index contributed by atoms with van der Waals surface area (Å²) in [6.07, 6.45) is 5.34. The monoisotopic (exact) mass is 324 g/mol. The predicted molar refractivity (Wildman–Crippen MR) is 84.0 cm³/mol. The third-order valence-electron chi connectivity index (χ3n) is 4.12. The van der Waals surface area contributed by atoms with Crippen LogP contribution in [0.2, 0.25) is 0 Å². The number of hydrogen-bond donors (Lipinski definition) is 1. The van der Waals surface area contributed by atoms with Crippen molar-refractivity contribution in [3.05, 3.63) is 29.8 Å². The van der Waals surface area contributed by atoms with E-state index in [0.29, 0.717) is 0 Å². The number of anilines is 1. The zero-order valence-corrected chi connectivity index (χ0v) is 13.3. The maximum atomic E-state index is 13.8. The summed E-state index contributed by atoms with van der Waals surface area (Å²) < 4.78 is 27.6. The molecule has 0 radical (unpaired) electrons. The van der Waals surface area contributed by atoms with Crippen LogP contribution in [-0.2, 0) is 9.59 Å². The van der Waals surface area contributed by atoms with Crippen molar-refractivity contribution in [2.45, 2.75) is 51.5 Å². The Kier molecular flexibility index (Phi) is 6.07. The number of rotatable bonds is 5. The van der Waals surface area contributed by atoms with Crippen molar-refractivity contribution in [2.75, 3.05) is 11.4 Å². The van der Waals surface area contributed by atoms with E-state index in [4.69, 9.17) is 0 Å². The molecule has 2 amide bonds. The molecule has 0 saturated heterocycles. The Balaban J connectivity index is 1.97. The van der Waals surface area contributed by atoms with Gasteiger partial charge in [0.15, 0.2) is 0 Å². The van der Waals surface area contributed by atoms with E-state index in [-0.39, 0.29) is 24.9 Å². The molecule has 126 valence electrons. The van der Waals surface area contributed by atoms with Gasteiger partial charge in [0.25, 0.3) is 0 Å². The van der Waals surface area contributed by atoms with Gasteiger partial charge in [-0.1, -0.05) is 25.3 Å². The molecule has 0 heterocycles. The molecule has 0 atom stereocenters. The number of para-hydroxylation sites is 1. The number of amides is 2. The molecule has 0 aliphatic heterocycles. The third-order valence-corrected chi connectivity index (χ3v) is 4.12. The van der Waals surface area contributed by atoms with Crippen LogP contribution in [0.3, 0.4) is 0 Å². The average molecular weight is 324 g/mol. The van der Waals surface area contributed by atoms with E-state index in [2.05, 4.69) is 5.32 Å².